The van der Waals surface area contributed by atoms with Crippen molar-refractivity contribution in [1.29, 1.82) is 0 Å². The van der Waals surface area contributed by atoms with Gasteiger partial charge in [-0.15, -0.1) is 0 Å². The molecule has 0 radical (unpaired) electrons. The summed E-state index contributed by atoms with van der Waals surface area (Å²) in [6, 6.07) is 0. The first-order valence-corrected chi connectivity index (χ1v) is 9.46. The summed E-state index contributed by atoms with van der Waals surface area (Å²) in [5, 5.41) is 0. The van der Waals surface area contributed by atoms with Gasteiger partial charge < -0.3 is 4.74 Å². The van der Waals surface area contributed by atoms with Gasteiger partial charge in [-0.3, -0.25) is 0 Å². The highest BCUT2D eigenvalue weighted by Crippen LogP contribution is 2.54. The Morgan fingerprint density at radius 2 is 2.05 bits per heavy atom. The molecule has 2 unspecified atom stereocenters. The maximum atomic E-state index is 5.99. The van der Waals surface area contributed by atoms with E-state index in [1.54, 1.807) is 0 Å². The molecule has 1 spiro atoms. The number of hydrogen-bond acceptors (Lipinski definition) is 1. The summed E-state index contributed by atoms with van der Waals surface area (Å²) < 4.78 is 5.99. The molecule has 4 atom stereocenters. The van der Waals surface area contributed by atoms with Gasteiger partial charge in [0.05, 0.1) is 12.2 Å². The van der Waals surface area contributed by atoms with Crippen LogP contribution in [0.4, 0.5) is 0 Å². The molecule has 120 valence electrons. The monoisotopic (exact) mass is 290 g/mol. The predicted octanol–water partition coefficient (Wildman–Crippen LogP) is 5.89. The lowest BCUT2D eigenvalue weighted by atomic mass is 9.70. The van der Waals surface area contributed by atoms with Gasteiger partial charge in [0.1, 0.15) is 0 Å². The summed E-state index contributed by atoms with van der Waals surface area (Å²) in [7, 11) is 0. The molecule has 0 amide bonds. The minimum absolute atomic E-state index is 0.604. The summed E-state index contributed by atoms with van der Waals surface area (Å²) in [6.07, 6.45) is 16.3. The van der Waals surface area contributed by atoms with E-state index < -0.39 is 0 Å². The van der Waals surface area contributed by atoms with Crippen LogP contribution in [0, 0.1) is 17.3 Å². The molecular weight excluding hydrogens is 256 g/mol. The molecule has 0 bridgehead atoms. The zero-order chi connectivity index (χ0) is 14.9. The minimum atomic E-state index is 0.604. The lowest BCUT2D eigenvalue weighted by Gasteiger charge is -2.35. The first-order valence-electron chi connectivity index (χ1n) is 9.46. The normalized spacial score (nSPS) is 39.4. The van der Waals surface area contributed by atoms with E-state index in [4.69, 9.17) is 4.74 Å². The van der Waals surface area contributed by atoms with E-state index >= 15 is 0 Å². The number of ether oxygens (including phenoxy) is 1. The fourth-order valence-electron chi connectivity index (χ4n) is 5.21. The second kappa shape index (κ2) is 6.44. The van der Waals surface area contributed by atoms with Gasteiger partial charge in [0.2, 0.25) is 0 Å². The first kappa shape index (κ1) is 15.6. The van der Waals surface area contributed by atoms with Crippen LogP contribution in [0.15, 0.2) is 12.2 Å². The van der Waals surface area contributed by atoms with Crippen molar-refractivity contribution >= 4 is 0 Å². The summed E-state index contributed by atoms with van der Waals surface area (Å²) in [5.74, 6) is 1.82. The number of epoxide rings is 1. The summed E-state index contributed by atoms with van der Waals surface area (Å²) in [4.78, 5) is 0. The van der Waals surface area contributed by atoms with Gasteiger partial charge in [-0.1, -0.05) is 38.8 Å². The van der Waals surface area contributed by atoms with E-state index in [1.807, 2.05) is 0 Å². The van der Waals surface area contributed by atoms with Gasteiger partial charge >= 0.3 is 0 Å². The van der Waals surface area contributed by atoms with E-state index in [0.29, 0.717) is 17.6 Å². The summed E-state index contributed by atoms with van der Waals surface area (Å²) >= 11 is 0. The van der Waals surface area contributed by atoms with Crippen molar-refractivity contribution in [2.45, 2.75) is 96.7 Å². The Balaban J connectivity index is 1.43. The molecule has 1 saturated heterocycles. The molecule has 1 heteroatoms. The minimum Gasteiger partial charge on any atom is -0.370 e. The van der Waals surface area contributed by atoms with E-state index in [9.17, 15) is 0 Å². The number of rotatable bonds is 6. The topological polar surface area (TPSA) is 12.5 Å². The molecule has 1 heterocycles. The Morgan fingerprint density at radius 1 is 1.24 bits per heavy atom. The van der Waals surface area contributed by atoms with Gasteiger partial charge in [0.15, 0.2) is 0 Å². The van der Waals surface area contributed by atoms with Gasteiger partial charge in [-0.25, -0.2) is 0 Å². The Morgan fingerprint density at radius 3 is 2.76 bits per heavy atom. The van der Waals surface area contributed by atoms with Gasteiger partial charge in [0.25, 0.3) is 0 Å². The van der Waals surface area contributed by atoms with Crippen molar-refractivity contribution in [3.63, 3.8) is 0 Å². The molecule has 1 nitrogen and oxygen atoms in total. The van der Waals surface area contributed by atoms with Crippen molar-refractivity contribution in [3.8, 4) is 0 Å². The Hall–Kier alpha value is -0.300. The maximum Gasteiger partial charge on any atom is 0.0844 e. The Kier molecular flexibility index (Phi) is 4.78. The molecular formula is C20H34O. The highest BCUT2D eigenvalue weighted by Gasteiger charge is 2.45. The highest BCUT2D eigenvalue weighted by atomic mass is 16.6. The van der Waals surface area contributed by atoms with E-state index in [1.165, 1.54) is 76.2 Å². The first-order chi connectivity index (χ1) is 10.1. The lowest BCUT2D eigenvalue weighted by Crippen LogP contribution is -2.22. The second-order valence-corrected chi connectivity index (χ2v) is 8.26. The average Bonchev–Trinajstić information content (AvgIpc) is 3.08. The van der Waals surface area contributed by atoms with Crippen LogP contribution in [-0.4, -0.2) is 12.2 Å². The van der Waals surface area contributed by atoms with Crippen molar-refractivity contribution in [2.24, 2.45) is 17.3 Å². The van der Waals surface area contributed by atoms with Crippen LogP contribution >= 0.6 is 0 Å². The number of allylic oxidation sites excluding steroid dienone is 1. The predicted molar refractivity (Wildman–Crippen MR) is 89.3 cm³/mol. The quantitative estimate of drug-likeness (QED) is 0.439. The van der Waals surface area contributed by atoms with Crippen molar-refractivity contribution in [3.05, 3.63) is 12.2 Å². The standard InChI is InChI=1S/C20H34O/c1-4-16(5-2)11-18-19(21-18)12-17-8-10-20(14-17)9-6-7-15(3)13-20/h16-19H,3-14H2,1-2H3/t17-,18?,19?,20-/m1/s1. The van der Waals surface area contributed by atoms with Crippen molar-refractivity contribution < 1.29 is 4.74 Å². The van der Waals surface area contributed by atoms with E-state index in [0.717, 1.165) is 11.8 Å². The lowest BCUT2D eigenvalue weighted by molar-refractivity contribution is 0.220. The molecule has 21 heavy (non-hydrogen) atoms. The van der Waals surface area contributed by atoms with Crippen LogP contribution in [0.2, 0.25) is 0 Å². The SMILES string of the molecule is C=C1CCC[C@@]2(CC[C@H](CC3OC3CC(CC)CC)C2)C1. The molecule has 0 aromatic carbocycles. The molecule has 0 aromatic heterocycles. The summed E-state index contributed by atoms with van der Waals surface area (Å²) in [6.45, 7) is 8.91. The number of hydrogen-bond donors (Lipinski definition) is 0. The van der Waals surface area contributed by atoms with Crippen molar-refractivity contribution in [1.82, 2.24) is 0 Å². The van der Waals surface area contributed by atoms with Crippen LogP contribution < -0.4 is 0 Å². The third-order valence-electron chi connectivity index (χ3n) is 6.64. The van der Waals surface area contributed by atoms with E-state index in [2.05, 4.69) is 20.4 Å². The molecule has 0 aromatic rings. The molecule has 2 aliphatic carbocycles. The third kappa shape index (κ3) is 3.73. The molecule has 3 fully saturated rings. The van der Waals surface area contributed by atoms with Crippen molar-refractivity contribution in [2.75, 3.05) is 0 Å². The molecule has 3 aliphatic rings. The van der Waals surface area contributed by atoms with Gasteiger partial charge in [0, 0.05) is 0 Å². The zero-order valence-corrected chi connectivity index (χ0v) is 14.2. The van der Waals surface area contributed by atoms with Crippen LogP contribution in [0.3, 0.4) is 0 Å². The molecule has 0 N–H and O–H groups in total. The average molecular weight is 290 g/mol. The molecule has 3 rings (SSSR count). The second-order valence-electron chi connectivity index (χ2n) is 8.26. The van der Waals surface area contributed by atoms with E-state index in [-0.39, 0.29) is 0 Å². The van der Waals surface area contributed by atoms with Crippen LogP contribution in [0.25, 0.3) is 0 Å². The van der Waals surface area contributed by atoms with Gasteiger partial charge in [-0.2, -0.15) is 0 Å². The molecule has 1 aliphatic heterocycles. The Labute approximate surface area is 131 Å². The van der Waals surface area contributed by atoms with Crippen LogP contribution in [0.5, 0.6) is 0 Å². The van der Waals surface area contributed by atoms with Crippen LogP contribution in [-0.2, 0) is 4.74 Å². The largest absolute Gasteiger partial charge is 0.370 e. The zero-order valence-electron chi connectivity index (χ0n) is 14.2. The fourth-order valence-corrected chi connectivity index (χ4v) is 5.21. The van der Waals surface area contributed by atoms with Crippen LogP contribution in [0.1, 0.15) is 84.5 Å². The smallest absolute Gasteiger partial charge is 0.0844 e. The highest BCUT2D eigenvalue weighted by molar-refractivity contribution is 5.07. The molecule has 2 saturated carbocycles. The fraction of sp³-hybridized carbons (Fsp3) is 0.900. The third-order valence-corrected chi connectivity index (χ3v) is 6.64. The maximum absolute atomic E-state index is 5.99. The Bertz CT molecular complexity index is 370. The van der Waals surface area contributed by atoms with Gasteiger partial charge in [-0.05, 0) is 75.0 Å². The summed E-state index contributed by atoms with van der Waals surface area (Å²) in [5.41, 5.74) is 2.18.